The number of nitrogens with zero attached hydrogens (tertiary/aromatic N) is 1. The molecule has 3 saturated heterocycles. The van der Waals surface area contributed by atoms with E-state index in [1.165, 1.54) is 26.5 Å². The van der Waals surface area contributed by atoms with E-state index < -0.39 is 102 Å². The number of ketones is 1. The summed E-state index contributed by atoms with van der Waals surface area (Å²) in [5, 5.41) is 23.4. The van der Waals surface area contributed by atoms with Gasteiger partial charge in [-0.15, -0.1) is 0 Å². The third-order valence-corrected chi connectivity index (χ3v) is 14.0. The molecule has 0 radical (unpaired) electrons. The van der Waals surface area contributed by atoms with Crippen molar-refractivity contribution in [2.24, 2.45) is 23.7 Å². The summed E-state index contributed by atoms with van der Waals surface area (Å²) >= 11 is 0. The van der Waals surface area contributed by atoms with Crippen molar-refractivity contribution >= 4 is 17.7 Å². The normalized spacial score (nSPS) is 42.3. The fraction of sp³-hybridized carbons (Fsp3) is 0.812. The van der Waals surface area contributed by atoms with Crippen LogP contribution in [-0.2, 0) is 63.4 Å². The smallest absolute Gasteiger partial charge is 0.311 e. The number of aliphatic hydroxyl groups is 2. The SMILES string of the molecule is CC[C@H]1OC(=O)[C@H](C)[C@@H](O[C@@H]2C[C@@](C)(OC)[C@@H](OC(C)=O)[C@H](C)O2)[C@H](C)[C@@H](O[C@@H]2O[C@H](C)C[C@@H](OCCc3ccccc3)[C@@H]2N(C)C)[C@@](C)(OC)C[C@@H](C)C(=O)[C@H](C)[C@@H](O)[C@]1(C)O. The van der Waals surface area contributed by atoms with Crippen LogP contribution in [0.25, 0.3) is 0 Å². The summed E-state index contributed by atoms with van der Waals surface area (Å²) in [6.07, 6.45) is -6.72. The topological polar surface area (TPSA) is 178 Å². The highest BCUT2D eigenvalue weighted by atomic mass is 16.7. The largest absolute Gasteiger partial charge is 0.459 e. The van der Waals surface area contributed by atoms with E-state index in [1.807, 2.05) is 64.9 Å². The number of esters is 2. The van der Waals surface area contributed by atoms with E-state index in [1.54, 1.807) is 41.7 Å². The van der Waals surface area contributed by atoms with Gasteiger partial charge in [0.1, 0.15) is 23.1 Å². The van der Waals surface area contributed by atoms with Crippen LogP contribution in [0, 0.1) is 23.7 Å². The number of cyclic esters (lactones) is 1. The Balaban J connectivity index is 1.84. The summed E-state index contributed by atoms with van der Waals surface area (Å²) in [4.78, 5) is 43.0. The summed E-state index contributed by atoms with van der Waals surface area (Å²) in [5.41, 5.74) is -3.09. The van der Waals surface area contributed by atoms with Gasteiger partial charge in [-0.05, 0) is 80.5 Å². The fourth-order valence-corrected chi connectivity index (χ4v) is 10.2. The Morgan fingerprint density at radius 3 is 2.08 bits per heavy atom. The molecule has 360 valence electrons. The number of methoxy groups -OCH3 is 2. The molecule has 3 fully saturated rings. The molecule has 15 nitrogen and oxygen atoms in total. The molecule has 18 atom stereocenters. The monoisotopic (exact) mass is 894 g/mol. The summed E-state index contributed by atoms with van der Waals surface area (Å²) in [7, 11) is 6.99. The Bertz CT molecular complexity index is 1630. The first kappa shape index (κ1) is 53.0. The van der Waals surface area contributed by atoms with Gasteiger partial charge in [-0.3, -0.25) is 19.3 Å². The third kappa shape index (κ3) is 12.5. The van der Waals surface area contributed by atoms with Crippen molar-refractivity contribution in [3.8, 4) is 0 Å². The Hall–Kier alpha value is -2.57. The van der Waals surface area contributed by atoms with Crippen molar-refractivity contribution in [3.63, 3.8) is 0 Å². The average Bonchev–Trinajstić information content (AvgIpc) is 3.23. The summed E-state index contributed by atoms with van der Waals surface area (Å²) in [5.74, 6) is -4.93. The number of carbonyl (C=O) groups is 3. The molecule has 15 heteroatoms. The molecule has 63 heavy (non-hydrogen) atoms. The second-order valence-corrected chi connectivity index (χ2v) is 19.3. The van der Waals surface area contributed by atoms with Gasteiger partial charge in [-0.2, -0.15) is 0 Å². The molecule has 0 aliphatic carbocycles. The molecule has 3 aliphatic rings. The number of aliphatic hydroxyl groups excluding tert-OH is 1. The molecule has 1 aromatic carbocycles. The maximum absolute atomic E-state index is 14.5. The molecular formula is C48H79NO14. The molecule has 0 saturated carbocycles. The number of Topliss-reactive ketones (excluding diaryl/α,β-unsaturated/α-hetero) is 1. The minimum absolute atomic E-state index is 0.125. The average molecular weight is 894 g/mol. The van der Waals surface area contributed by atoms with Gasteiger partial charge in [0.15, 0.2) is 18.7 Å². The van der Waals surface area contributed by atoms with E-state index in [-0.39, 0.29) is 43.3 Å². The lowest BCUT2D eigenvalue weighted by Crippen LogP contribution is -2.62. The van der Waals surface area contributed by atoms with E-state index in [2.05, 4.69) is 12.1 Å². The number of benzene rings is 1. The molecule has 0 unspecified atom stereocenters. The number of hydrogen-bond acceptors (Lipinski definition) is 15. The second kappa shape index (κ2) is 22.3. The highest BCUT2D eigenvalue weighted by Crippen LogP contribution is 2.42. The lowest BCUT2D eigenvalue weighted by atomic mass is 9.74. The van der Waals surface area contributed by atoms with E-state index in [9.17, 15) is 24.6 Å². The minimum atomic E-state index is -1.98. The molecule has 3 aliphatic heterocycles. The van der Waals surface area contributed by atoms with Gasteiger partial charge in [0.2, 0.25) is 0 Å². The van der Waals surface area contributed by atoms with E-state index in [4.69, 9.17) is 42.6 Å². The van der Waals surface area contributed by atoms with Gasteiger partial charge < -0.3 is 52.8 Å². The van der Waals surface area contributed by atoms with Gasteiger partial charge in [-0.1, -0.05) is 58.0 Å². The number of hydrogen-bond donors (Lipinski definition) is 2. The van der Waals surface area contributed by atoms with Crippen molar-refractivity contribution in [2.75, 3.05) is 34.9 Å². The molecular weight excluding hydrogens is 815 g/mol. The van der Waals surface area contributed by atoms with Gasteiger partial charge in [0.25, 0.3) is 0 Å². The quantitative estimate of drug-likeness (QED) is 0.245. The van der Waals surface area contributed by atoms with E-state index >= 15 is 0 Å². The van der Waals surface area contributed by atoms with Crippen molar-refractivity contribution in [3.05, 3.63) is 35.9 Å². The predicted molar refractivity (Wildman–Crippen MR) is 234 cm³/mol. The molecule has 0 aromatic heterocycles. The van der Waals surface area contributed by atoms with Crippen LogP contribution in [0.5, 0.6) is 0 Å². The van der Waals surface area contributed by atoms with Crippen molar-refractivity contribution in [2.45, 2.75) is 193 Å². The number of rotatable bonds is 13. The van der Waals surface area contributed by atoms with Crippen LogP contribution in [0.2, 0.25) is 0 Å². The minimum Gasteiger partial charge on any atom is -0.459 e. The maximum atomic E-state index is 14.5. The molecule has 0 amide bonds. The molecule has 1 aromatic rings. The van der Waals surface area contributed by atoms with Crippen molar-refractivity contribution in [1.29, 1.82) is 0 Å². The summed E-state index contributed by atoms with van der Waals surface area (Å²) < 4.78 is 58.1. The van der Waals surface area contributed by atoms with Gasteiger partial charge in [-0.25, -0.2) is 0 Å². The zero-order valence-corrected chi connectivity index (χ0v) is 40.5. The van der Waals surface area contributed by atoms with Crippen LogP contribution in [0.4, 0.5) is 0 Å². The Morgan fingerprint density at radius 2 is 1.51 bits per heavy atom. The summed E-state index contributed by atoms with van der Waals surface area (Å²) in [6, 6.07) is 9.77. The predicted octanol–water partition coefficient (Wildman–Crippen LogP) is 5.28. The van der Waals surface area contributed by atoms with Crippen LogP contribution >= 0.6 is 0 Å². The first-order valence-electron chi connectivity index (χ1n) is 22.8. The molecule has 3 heterocycles. The van der Waals surface area contributed by atoms with Gasteiger partial charge in [0.05, 0.1) is 60.8 Å². The highest BCUT2D eigenvalue weighted by Gasteiger charge is 2.55. The standard InChI is InChI=1S/C48H79NO14/c1-16-36-48(11,54)41(52)29(4)39(51)27(2)25-46(9,55-14)42(63-45-38(49(12)13)35(24-28(3)58-45)57-23-22-34-20-18-17-19-21-34)30(5)40(31(6)44(53)61-36)62-37-26-47(10,56-15)43(32(7)59-37)60-33(8)50/h17-21,27-32,35-38,40-43,45,52,54H,16,22-26H2,1-15H3/t27-,28-,29+,30+,31-,32+,35-,36-,37-,38+,40+,41-,42-,43+,45+,46+,47-,48-/m1/s1. The molecule has 4 rings (SSSR count). The van der Waals surface area contributed by atoms with Crippen molar-refractivity contribution in [1.82, 2.24) is 4.90 Å². The number of likely N-dealkylation sites (N-methyl/N-ethyl adjacent to an activating group) is 1. The number of carbonyl (C=O) groups excluding carboxylic acids is 3. The van der Waals surface area contributed by atoms with Crippen LogP contribution < -0.4 is 0 Å². The fourth-order valence-electron chi connectivity index (χ4n) is 10.2. The highest BCUT2D eigenvalue weighted by molar-refractivity contribution is 5.83. The second-order valence-electron chi connectivity index (χ2n) is 19.3. The van der Waals surface area contributed by atoms with E-state index in [0.29, 0.717) is 13.0 Å². The first-order valence-corrected chi connectivity index (χ1v) is 22.8. The summed E-state index contributed by atoms with van der Waals surface area (Å²) in [6.45, 7) is 19.3. The zero-order valence-electron chi connectivity index (χ0n) is 40.5. The third-order valence-electron chi connectivity index (χ3n) is 14.0. The van der Waals surface area contributed by atoms with Crippen molar-refractivity contribution < 1.29 is 67.2 Å². The zero-order chi connectivity index (χ0) is 47.2. The number of ether oxygens (including phenoxy) is 9. The Labute approximate surface area is 376 Å². The maximum Gasteiger partial charge on any atom is 0.311 e. The van der Waals surface area contributed by atoms with Crippen LogP contribution in [-0.4, -0.2) is 152 Å². The van der Waals surface area contributed by atoms with Crippen LogP contribution in [0.3, 0.4) is 0 Å². The molecule has 0 bridgehead atoms. The Kier molecular flexibility index (Phi) is 18.8. The van der Waals surface area contributed by atoms with E-state index in [0.717, 1.165) is 6.42 Å². The Morgan fingerprint density at radius 1 is 0.889 bits per heavy atom. The van der Waals surface area contributed by atoms with Crippen LogP contribution in [0.15, 0.2) is 30.3 Å². The molecule has 0 spiro atoms. The lowest BCUT2D eigenvalue weighted by molar-refractivity contribution is -0.318. The van der Waals surface area contributed by atoms with Gasteiger partial charge in [0, 0.05) is 51.7 Å². The first-order chi connectivity index (χ1) is 29.4. The van der Waals surface area contributed by atoms with Gasteiger partial charge >= 0.3 is 11.9 Å². The lowest BCUT2D eigenvalue weighted by Gasteiger charge is -2.50. The van der Waals surface area contributed by atoms with Crippen LogP contribution in [0.1, 0.15) is 107 Å². The molecule has 2 N–H and O–H groups in total.